The second-order valence-electron chi connectivity index (χ2n) is 5.31. The number of nitrogens with one attached hydrogen (secondary N) is 1. The maximum Gasteiger partial charge on any atom is 0.325 e. The Morgan fingerprint density at radius 2 is 2.08 bits per heavy atom. The Kier molecular flexibility index (Phi) is 4.59. The van der Waals surface area contributed by atoms with E-state index in [1.54, 1.807) is 24.3 Å². The first kappa shape index (κ1) is 16.4. The van der Waals surface area contributed by atoms with E-state index in [4.69, 9.17) is 9.84 Å². The van der Waals surface area contributed by atoms with E-state index in [0.717, 1.165) is 4.68 Å². The van der Waals surface area contributed by atoms with Crippen LogP contribution in [0.3, 0.4) is 0 Å². The van der Waals surface area contributed by atoms with Gasteiger partial charge in [-0.3, -0.25) is 19.3 Å². The number of anilines is 1. The van der Waals surface area contributed by atoms with Gasteiger partial charge in [-0.05, 0) is 12.1 Å². The fourth-order valence-electron chi connectivity index (χ4n) is 2.35. The predicted octanol–water partition coefficient (Wildman–Crippen LogP) is -0.595. The first-order valence-electron chi connectivity index (χ1n) is 7.42. The minimum atomic E-state index is -1.04. The van der Waals surface area contributed by atoms with Crippen molar-refractivity contribution >= 4 is 23.5 Å². The number of hydrogen-bond donors (Lipinski definition) is 2. The number of para-hydroxylation sites is 2. The van der Waals surface area contributed by atoms with Crippen molar-refractivity contribution in [3.8, 4) is 5.75 Å². The van der Waals surface area contributed by atoms with Crippen molar-refractivity contribution in [2.24, 2.45) is 0 Å². The van der Waals surface area contributed by atoms with E-state index >= 15 is 0 Å². The summed E-state index contributed by atoms with van der Waals surface area (Å²) in [5.41, 5.74) is 0.963. The lowest BCUT2D eigenvalue weighted by Crippen LogP contribution is -2.45. The quantitative estimate of drug-likeness (QED) is 0.716. The Labute approximate surface area is 142 Å². The lowest BCUT2D eigenvalue weighted by atomic mass is 10.2. The minimum absolute atomic E-state index is 0.0820. The smallest absolute Gasteiger partial charge is 0.325 e. The van der Waals surface area contributed by atoms with E-state index in [9.17, 15) is 14.4 Å². The van der Waals surface area contributed by atoms with Gasteiger partial charge in [-0.15, -0.1) is 5.10 Å². The number of aliphatic carboxylic acids is 1. The fraction of sp³-hybridized carbons (Fsp3) is 0.267. The molecule has 1 aromatic carbocycles. The van der Waals surface area contributed by atoms with Crippen molar-refractivity contribution in [1.82, 2.24) is 20.3 Å². The maximum atomic E-state index is 12.1. The summed E-state index contributed by atoms with van der Waals surface area (Å²) in [5, 5.41) is 18.7. The Hall–Kier alpha value is -3.43. The van der Waals surface area contributed by atoms with Crippen molar-refractivity contribution in [3.05, 3.63) is 36.2 Å². The molecule has 0 aliphatic carbocycles. The van der Waals surface area contributed by atoms with Gasteiger partial charge >= 0.3 is 5.97 Å². The Morgan fingerprint density at radius 1 is 1.28 bits per heavy atom. The van der Waals surface area contributed by atoms with E-state index in [-0.39, 0.29) is 38.1 Å². The second-order valence-corrected chi connectivity index (χ2v) is 5.31. The highest BCUT2D eigenvalue weighted by Gasteiger charge is 2.26. The summed E-state index contributed by atoms with van der Waals surface area (Å²) < 4.78 is 6.48. The van der Waals surface area contributed by atoms with Crippen molar-refractivity contribution < 1.29 is 24.2 Å². The summed E-state index contributed by atoms with van der Waals surface area (Å²) >= 11 is 0. The van der Waals surface area contributed by atoms with E-state index in [2.05, 4.69) is 15.6 Å². The molecule has 2 aromatic rings. The highest BCUT2D eigenvalue weighted by atomic mass is 16.5. The largest absolute Gasteiger partial charge is 0.482 e. The lowest BCUT2D eigenvalue weighted by molar-refractivity contribution is -0.138. The molecular formula is C15H15N5O5. The van der Waals surface area contributed by atoms with Crippen LogP contribution >= 0.6 is 0 Å². The molecule has 1 aliphatic heterocycles. The highest BCUT2D eigenvalue weighted by molar-refractivity contribution is 6.02. The topological polar surface area (TPSA) is 127 Å². The Morgan fingerprint density at radius 3 is 2.88 bits per heavy atom. The zero-order valence-electron chi connectivity index (χ0n) is 13.1. The zero-order valence-corrected chi connectivity index (χ0v) is 13.1. The van der Waals surface area contributed by atoms with Gasteiger partial charge in [0.15, 0.2) is 6.61 Å². The first-order chi connectivity index (χ1) is 12.0. The van der Waals surface area contributed by atoms with Gasteiger partial charge in [-0.1, -0.05) is 17.3 Å². The van der Waals surface area contributed by atoms with Crippen molar-refractivity contribution in [3.63, 3.8) is 0 Å². The molecule has 1 aromatic heterocycles. The Balaban J connectivity index is 1.58. The molecule has 3 rings (SSSR count). The number of carbonyl (C=O) groups excluding carboxylic acids is 2. The third-order valence-electron chi connectivity index (χ3n) is 3.46. The molecule has 2 heterocycles. The standard InChI is InChI=1S/C15H15N5O5/c21-13(16-5-10-6-19(18-17-10)8-15(23)24)7-20-11-3-1-2-4-12(11)25-9-14(20)22/h1-4,6H,5,7-9H2,(H,16,21)(H,23,24). The third kappa shape index (κ3) is 3.91. The van der Waals surface area contributed by atoms with Crippen LogP contribution in [0.25, 0.3) is 0 Å². The molecule has 0 spiro atoms. The average Bonchev–Trinajstić information content (AvgIpc) is 3.02. The van der Waals surface area contributed by atoms with Crippen LogP contribution in [-0.2, 0) is 27.5 Å². The molecule has 0 bridgehead atoms. The number of nitrogens with zero attached hydrogens (tertiary/aromatic N) is 4. The number of carboxylic acids is 1. The van der Waals surface area contributed by atoms with Gasteiger partial charge < -0.3 is 15.2 Å². The van der Waals surface area contributed by atoms with Crippen LogP contribution in [-0.4, -0.2) is 51.0 Å². The third-order valence-corrected chi connectivity index (χ3v) is 3.46. The van der Waals surface area contributed by atoms with Crippen LogP contribution in [0.5, 0.6) is 5.75 Å². The van der Waals surface area contributed by atoms with Crippen LogP contribution in [0.4, 0.5) is 5.69 Å². The molecule has 0 saturated heterocycles. The average molecular weight is 345 g/mol. The molecule has 10 heteroatoms. The van der Waals surface area contributed by atoms with E-state index < -0.39 is 5.97 Å². The van der Waals surface area contributed by atoms with Crippen molar-refractivity contribution in [1.29, 1.82) is 0 Å². The van der Waals surface area contributed by atoms with Gasteiger partial charge in [0.2, 0.25) is 5.91 Å². The number of rotatable bonds is 6. The molecule has 0 atom stereocenters. The highest BCUT2D eigenvalue weighted by Crippen LogP contribution is 2.31. The number of aromatic nitrogens is 3. The van der Waals surface area contributed by atoms with Gasteiger partial charge in [-0.25, -0.2) is 4.68 Å². The summed E-state index contributed by atoms with van der Waals surface area (Å²) in [7, 11) is 0. The second kappa shape index (κ2) is 6.99. The molecule has 1 aliphatic rings. The number of carbonyl (C=O) groups is 3. The van der Waals surface area contributed by atoms with Crippen molar-refractivity contribution in [2.45, 2.75) is 13.1 Å². The van der Waals surface area contributed by atoms with Gasteiger partial charge in [0.1, 0.15) is 24.5 Å². The van der Waals surface area contributed by atoms with Crippen LogP contribution in [0.1, 0.15) is 5.69 Å². The number of benzene rings is 1. The first-order valence-corrected chi connectivity index (χ1v) is 7.42. The summed E-state index contributed by atoms with van der Waals surface area (Å²) in [6.45, 7) is -0.491. The molecular weight excluding hydrogens is 330 g/mol. The number of amides is 2. The van der Waals surface area contributed by atoms with Crippen LogP contribution in [0.2, 0.25) is 0 Å². The Bertz CT molecular complexity index is 818. The van der Waals surface area contributed by atoms with E-state index in [1.165, 1.54) is 11.1 Å². The molecule has 10 nitrogen and oxygen atoms in total. The van der Waals surface area contributed by atoms with E-state index in [0.29, 0.717) is 17.1 Å². The van der Waals surface area contributed by atoms with Gasteiger partial charge in [0.05, 0.1) is 18.4 Å². The van der Waals surface area contributed by atoms with Crippen LogP contribution in [0, 0.1) is 0 Å². The molecule has 2 N–H and O–H groups in total. The van der Waals surface area contributed by atoms with Gasteiger partial charge in [-0.2, -0.15) is 0 Å². The molecule has 2 amide bonds. The fourth-order valence-corrected chi connectivity index (χ4v) is 2.35. The zero-order chi connectivity index (χ0) is 17.8. The molecule has 0 saturated carbocycles. The number of carboxylic acid groups (broad SMARTS) is 1. The normalized spacial score (nSPS) is 13.1. The number of fused-ring (bicyclic) bond motifs is 1. The SMILES string of the molecule is O=C(O)Cn1cc(CNC(=O)CN2C(=O)COc3ccccc32)nn1. The van der Waals surface area contributed by atoms with Crippen molar-refractivity contribution in [2.75, 3.05) is 18.1 Å². The molecule has 130 valence electrons. The monoisotopic (exact) mass is 345 g/mol. The molecule has 0 radical (unpaired) electrons. The minimum Gasteiger partial charge on any atom is -0.482 e. The number of ether oxygens (including phenoxy) is 1. The van der Waals surface area contributed by atoms with Crippen LogP contribution in [0.15, 0.2) is 30.5 Å². The molecule has 0 unspecified atom stereocenters. The van der Waals surface area contributed by atoms with E-state index in [1.807, 2.05) is 0 Å². The van der Waals surface area contributed by atoms with Crippen LogP contribution < -0.4 is 15.0 Å². The molecule has 25 heavy (non-hydrogen) atoms. The summed E-state index contributed by atoms with van der Waals surface area (Å²) in [4.78, 5) is 36.1. The predicted molar refractivity (Wildman–Crippen MR) is 83.8 cm³/mol. The summed E-state index contributed by atoms with van der Waals surface area (Å²) in [5.74, 6) is -1.17. The van der Waals surface area contributed by atoms with Gasteiger partial charge in [0, 0.05) is 0 Å². The number of hydrogen-bond acceptors (Lipinski definition) is 6. The lowest BCUT2D eigenvalue weighted by Gasteiger charge is -2.28. The summed E-state index contributed by atoms with van der Waals surface area (Å²) in [6.07, 6.45) is 1.43. The molecule has 0 fully saturated rings. The summed E-state index contributed by atoms with van der Waals surface area (Å²) in [6, 6.07) is 6.98. The maximum absolute atomic E-state index is 12.1. The van der Waals surface area contributed by atoms with Gasteiger partial charge in [0.25, 0.3) is 5.91 Å².